The average molecular weight is 388 g/mol. The summed E-state index contributed by atoms with van der Waals surface area (Å²) in [4.78, 5) is 29.4. The highest BCUT2D eigenvalue weighted by Crippen LogP contribution is 2.25. The van der Waals surface area contributed by atoms with E-state index in [0.29, 0.717) is 11.0 Å². The summed E-state index contributed by atoms with van der Waals surface area (Å²) in [5, 5.41) is 0. The molecule has 0 saturated carbocycles. The van der Waals surface area contributed by atoms with Crippen molar-refractivity contribution in [1.82, 2.24) is 18.7 Å². The Bertz CT molecular complexity index is 1060. The van der Waals surface area contributed by atoms with Crippen molar-refractivity contribution in [1.29, 1.82) is 0 Å². The third-order valence-electron chi connectivity index (χ3n) is 5.22. The number of carbonyl (C=O) groups is 1. The lowest BCUT2D eigenvalue weighted by atomic mass is 10.1. The Morgan fingerprint density at radius 1 is 1.21 bits per heavy atom. The molecular formula is C20H25FN4O3. The van der Waals surface area contributed by atoms with Gasteiger partial charge in [0.2, 0.25) is 0 Å². The van der Waals surface area contributed by atoms with E-state index in [1.54, 1.807) is 21.7 Å². The van der Waals surface area contributed by atoms with Crippen molar-refractivity contribution in [2.45, 2.75) is 52.7 Å². The fourth-order valence-corrected chi connectivity index (χ4v) is 3.65. The number of carbonyl (C=O) groups excluding carboxylic acids is 1. The predicted octanol–water partition coefficient (Wildman–Crippen LogP) is 3.35. The lowest BCUT2D eigenvalue weighted by molar-refractivity contribution is 0.0595. The number of aryl methyl sites for hydroxylation is 1. The van der Waals surface area contributed by atoms with Gasteiger partial charge in [-0.3, -0.25) is 9.13 Å². The minimum absolute atomic E-state index is 0.0595. The first-order valence-corrected chi connectivity index (χ1v) is 9.48. The molecule has 1 aromatic carbocycles. The molecule has 0 saturated heterocycles. The van der Waals surface area contributed by atoms with Crippen LogP contribution in [0.15, 0.2) is 29.5 Å². The molecule has 0 bridgehead atoms. The molecule has 7 nitrogen and oxygen atoms in total. The van der Waals surface area contributed by atoms with Crippen LogP contribution in [-0.4, -0.2) is 31.8 Å². The Morgan fingerprint density at radius 2 is 1.93 bits per heavy atom. The molecule has 3 aromatic rings. The first kappa shape index (κ1) is 19.9. The van der Waals surface area contributed by atoms with E-state index in [-0.39, 0.29) is 23.8 Å². The molecule has 0 fully saturated rings. The summed E-state index contributed by atoms with van der Waals surface area (Å²) in [5.41, 5.74) is 1.43. The number of hydrogen-bond donors (Lipinski definition) is 0. The number of benzene rings is 1. The van der Waals surface area contributed by atoms with Gasteiger partial charge in [-0.25, -0.2) is 19.0 Å². The lowest BCUT2D eigenvalue weighted by Gasteiger charge is -2.14. The van der Waals surface area contributed by atoms with Gasteiger partial charge < -0.3 is 9.30 Å². The van der Waals surface area contributed by atoms with Gasteiger partial charge in [0.25, 0.3) is 0 Å². The Hall–Kier alpha value is -2.90. The maximum absolute atomic E-state index is 14.6. The van der Waals surface area contributed by atoms with Crippen LogP contribution in [0, 0.1) is 5.82 Å². The van der Waals surface area contributed by atoms with Gasteiger partial charge in [-0.1, -0.05) is 13.8 Å². The molecule has 28 heavy (non-hydrogen) atoms. The Balaban J connectivity index is 2.30. The quantitative estimate of drug-likeness (QED) is 0.582. The van der Waals surface area contributed by atoms with Crippen LogP contribution in [-0.2, 0) is 17.8 Å². The van der Waals surface area contributed by atoms with E-state index in [9.17, 15) is 14.0 Å². The minimum atomic E-state index is -0.771. The van der Waals surface area contributed by atoms with Gasteiger partial charge >= 0.3 is 11.7 Å². The highest BCUT2D eigenvalue weighted by atomic mass is 19.1. The number of fused-ring (bicyclic) bond motifs is 1. The van der Waals surface area contributed by atoms with Crippen LogP contribution in [0.3, 0.4) is 0 Å². The number of esters is 1. The van der Waals surface area contributed by atoms with E-state index >= 15 is 0 Å². The lowest BCUT2D eigenvalue weighted by Crippen LogP contribution is -2.28. The largest absolute Gasteiger partial charge is 0.465 e. The first-order valence-electron chi connectivity index (χ1n) is 9.48. The molecule has 0 aliphatic rings. The van der Waals surface area contributed by atoms with Gasteiger partial charge in [0.05, 0.1) is 42.3 Å². The van der Waals surface area contributed by atoms with Crippen molar-refractivity contribution in [3.8, 4) is 0 Å². The zero-order valence-corrected chi connectivity index (χ0v) is 16.6. The van der Waals surface area contributed by atoms with E-state index in [1.165, 1.54) is 19.2 Å². The number of hydrogen-bond acceptors (Lipinski definition) is 4. The molecule has 2 heterocycles. The molecular weight excluding hydrogens is 363 g/mol. The second kappa shape index (κ2) is 8.00. The minimum Gasteiger partial charge on any atom is -0.465 e. The number of ether oxygens (including phenoxy) is 1. The van der Waals surface area contributed by atoms with Crippen LogP contribution in [0.1, 0.15) is 55.7 Å². The van der Waals surface area contributed by atoms with E-state index in [4.69, 9.17) is 0 Å². The monoisotopic (exact) mass is 388 g/mol. The Labute approximate surface area is 162 Å². The van der Waals surface area contributed by atoms with Crippen LogP contribution in [0.5, 0.6) is 0 Å². The maximum atomic E-state index is 14.6. The molecule has 0 aliphatic heterocycles. The molecule has 0 amide bonds. The van der Waals surface area contributed by atoms with E-state index in [0.717, 1.165) is 25.1 Å². The van der Waals surface area contributed by atoms with Crippen molar-refractivity contribution in [2.75, 3.05) is 7.11 Å². The predicted molar refractivity (Wildman–Crippen MR) is 104 cm³/mol. The first-order chi connectivity index (χ1) is 13.5. The van der Waals surface area contributed by atoms with E-state index in [2.05, 4.69) is 9.72 Å². The zero-order valence-electron chi connectivity index (χ0n) is 16.6. The molecule has 3 rings (SSSR count). The molecule has 0 radical (unpaired) electrons. The summed E-state index contributed by atoms with van der Waals surface area (Å²) < 4.78 is 24.4. The Kier molecular flexibility index (Phi) is 5.67. The van der Waals surface area contributed by atoms with E-state index < -0.39 is 11.8 Å². The summed E-state index contributed by atoms with van der Waals surface area (Å²) in [7, 11) is 1.20. The third-order valence-corrected chi connectivity index (χ3v) is 5.22. The summed E-state index contributed by atoms with van der Waals surface area (Å²) in [6.07, 6.45) is 4.90. The molecule has 0 unspecified atom stereocenters. The van der Waals surface area contributed by atoms with Crippen molar-refractivity contribution in [3.63, 3.8) is 0 Å². The molecule has 2 aromatic heterocycles. The van der Waals surface area contributed by atoms with Crippen molar-refractivity contribution in [2.24, 2.45) is 0 Å². The summed E-state index contributed by atoms with van der Waals surface area (Å²) >= 11 is 0. The van der Waals surface area contributed by atoms with Crippen LogP contribution < -0.4 is 5.69 Å². The van der Waals surface area contributed by atoms with Crippen molar-refractivity contribution < 1.29 is 13.9 Å². The molecule has 0 spiro atoms. The van der Waals surface area contributed by atoms with Crippen LogP contribution in [0.2, 0.25) is 0 Å². The smallest absolute Gasteiger partial charge is 0.340 e. The molecule has 150 valence electrons. The summed E-state index contributed by atoms with van der Waals surface area (Å²) in [5.74, 6) is -1.47. The number of methoxy groups -OCH3 is 1. The van der Waals surface area contributed by atoms with Crippen LogP contribution >= 0.6 is 0 Å². The normalized spacial score (nSPS) is 11.5. The Morgan fingerprint density at radius 3 is 2.54 bits per heavy atom. The van der Waals surface area contributed by atoms with E-state index in [1.807, 2.05) is 25.3 Å². The van der Waals surface area contributed by atoms with Gasteiger partial charge in [-0.15, -0.1) is 0 Å². The number of nitrogens with zero attached hydrogens (tertiary/aromatic N) is 4. The maximum Gasteiger partial charge on any atom is 0.340 e. The standard InChI is InChI=1S/C20H25FN4O3/c1-5-13(6-2)25-18-9-16(21)15(19(26)28-4)8-17(18)24(20(25)27)11-14-10-22-12-23(14)7-3/h8-10,12-13H,5-7,11H2,1-4H3. The SMILES string of the molecule is CCC(CC)n1c(=O)n(Cc2cncn2CC)c2cc(C(=O)OC)c(F)cc21. The molecule has 0 atom stereocenters. The number of imidazole rings is 2. The fourth-order valence-electron chi connectivity index (χ4n) is 3.65. The molecule has 0 N–H and O–H groups in total. The molecule has 8 heteroatoms. The van der Waals surface area contributed by atoms with Crippen molar-refractivity contribution >= 4 is 17.0 Å². The van der Waals surface area contributed by atoms with Crippen molar-refractivity contribution in [3.05, 3.63) is 52.2 Å². The second-order valence-corrected chi connectivity index (χ2v) is 6.69. The van der Waals surface area contributed by atoms with Gasteiger partial charge in [0.15, 0.2) is 0 Å². The summed E-state index contributed by atoms with van der Waals surface area (Å²) in [6.45, 7) is 6.98. The van der Waals surface area contributed by atoms with Gasteiger partial charge in [-0.2, -0.15) is 0 Å². The second-order valence-electron chi connectivity index (χ2n) is 6.69. The van der Waals surface area contributed by atoms with Gasteiger partial charge in [0, 0.05) is 24.8 Å². The van der Waals surface area contributed by atoms with Gasteiger partial charge in [-0.05, 0) is 25.8 Å². The number of halogens is 1. The zero-order chi connectivity index (χ0) is 20.4. The molecule has 0 aliphatic carbocycles. The van der Waals surface area contributed by atoms with Gasteiger partial charge in [0.1, 0.15) is 5.82 Å². The number of aromatic nitrogens is 4. The van der Waals surface area contributed by atoms with Crippen LogP contribution in [0.25, 0.3) is 11.0 Å². The number of rotatable bonds is 7. The average Bonchev–Trinajstić information content (AvgIpc) is 3.25. The topological polar surface area (TPSA) is 71.0 Å². The highest BCUT2D eigenvalue weighted by Gasteiger charge is 2.23. The highest BCUT2D eigenvalue weighted by molar-refractivity contribution is 5.94. The third kappa shape index (κ3) is 3.23. The summed E-state index contributed by atoms with van der Waals surface area (Å²) in [6, 6.07) is 2.61. The van der Waals surface area contributed by atoms with Crippen LogP contribution in [0.4, 0.5) is 4.39 Å². The fraction of sp³-hybridized carbons (Fsp3) is 0.450.